The van der Waals surface area contributed by atoms with Crippen LogP contribution in [0.4, 0.5) is 0 Å². The van der Waals surface area contributed by atoms with E-state index in [9.17, 15) is 4.79 Å². The SMILES string of the molecule is COCCCn1c(C2CCCN(C(=O)CCCc3ccc(Br)cc3)C2)cc2ccccc21. The van der Waals surface area contributed by atoms with E-state index < -0.39 is 0 Å². The van der Waals surface area contributed by atoms with Crippen molar-refractivity contribution in [2.45, 2.75) is 51.0 Å². The second-order valence-corrected chi connectivity index (χ2v) is 9.70. The van der Waals surface area contributed by atoms with E-state index >= 15 is 0 Å². The smallest absolute Gasteiger partial charge is 0.222 e. The maximum Gasteiger partial charge on any atom is 0.222 e. The Kier molecular flexibility index (Phi) is 8.04. The van der Waals surface area contributed by atoms with E-state index in [-0.39, 0.29) is 0 Å². The summed E-state index contributed by atoms with van der Waals surface area (Å²) in [6.45, 7) is 3.43. The van der Waals surface area contributed by atoms with Gasteiger partial charge in [0.25, 0.3) is 0 Å². The molecule has 32 heavy (non-hydrogen) atoms. The molecule has 0 aliphatic carbocycles. The third-order valence-corrected chi connectivity index (χ3v) is 7.06. The lowest BCUT2D eigenvalue weighted by atomic mass is 9.94. The van der Waals surface area contributed by atoms with E-state index in [1.165, 1.54) is 22.2 Å². The van der Waals surface area contributed by atoms with E-state index in [0.717, 1.165) is 62.8 Å². The normalized spacial score (nSPS) is 16.6. The van der Waals surface area contributed by atoms with Crippen molar-refractivity contribution in [1.29, 1.82) is 0 Å². The average molecular weight is 497 g/mol. The number of likely N-dealkylation sites (tertiary alicyclic amines) is 1. The first kappa shape index (κ1) is 23.1. The second kappa shape index (κ2) is 11.2. The maximum absolute atomic E-state index is 13.0. The van der Waals surface area contributed by atoms with Gasteiger partial charge in [0, 0.05) is 61.4 Å². The lowest BCUT2D eigenvalue weighted by Crippen LogP contribution is -2.39. The zero-order valence-corrected chi connectivity index (χ0v) is 20.5. The first-order valence-corrected chi connectivity index (χ1v) is 12.5. The summed E-state index contributed by atoms with van der Waals surface area (Å²) in [6, 6.07) is 19.4. The number of methoxy groups -OCH3 is 1. The molecule has 1 fully saturated rings. The van der Waals surface area contributed by atoms with Gasteiger partial charge in [0.1, 0.15) is 0 Å². The number of rotatable bonds is 9. The third-order valence-electron chi connectivity index (χ3n) is 6.53. The molecule has 3 aromatic rings. The molecule has 1 unspecified atom stereocenters. The van der Waals surface area contributed by atoms with Crippen LogP contribution in [0.15, 0.2) is 59.1 Å². The molecule has 5 heteroatoms. The van der Waals surface area contributed by atoms with Gasteiger partial charge in [-0.05, 0) is 67.3 Å². The molecule has 1 saturated heterocycles. The summed E-state index contributed by atoms with van der Waals surface area (Å²) in [6.07, 6.45) is 5.68. The van der Waals surface area contributed by atoms with Crippen molar-refractivity contribution in [2.24, 2.45) is 0 Å². The predicted molar refractivity (Wildman–Crippen MR) is 134 cm³/mol. The highest BCUT2D eigenvalue weighted by molar-refractivity contribution is 9.10. The van der Waals surface area contributed by atoms with Crippen molar-refractivity contribution < 1.29 is 9.53 Å². The molecule has 4 rings (SSSR count). The monoisotopic (exact) mass is 496 g/mol. The zero-order chi connectivity index (χ0) is 22.3. The highest BCUT2D eigenvalue weighted by Crippen LogP contribution is 2.32. The number of para-hydroxylation sites is 1. The molecule has 1 amide bonds. The van der Waals surface area contributed by atoms with Crippen molar-refractivity contribution in [3.63, 3.8) is 0 Å². The predicted octanol–water partition coefficient (Wildman–Crippen LogP) is 6.17. The van der Waals surface area contributed by atoms with Crippen LogP contribution in [0.1, 0.15) is 49.3 Å². The minimum Gasteiger partial charge on any atom is -0.385 e. The van der Waals surface area contributed by atoms with Crippen molar-refractivity contribution in [1.82, 2.24) is 9.47 Å². The Bertz CT molecular complexity index is 1030. The number of amides is 1. The number of ether oxygens (including phenoxy) is 1. The number of hydrogen-bond acceptors (Lipinski definition) is 2. The number of aromatic nitrogens is 1. The van der Waals surface area contributed by atoms with Crippen LogP contribution in [0.2, 0.25) is 0 Å². The minimum absolute atomic E-state index is 0.300. The van der Waals surface area contributed by atoms with E-state index in [0.29, 0.717) is 18.2 Å². The number of carbonyl (C=O) groups is 1. The number of fused-ring (bicyclic) bond motifs is 1. The van der Waals surface area contributed by atoms with E-state index in [1.54, 1.807) is 7.11 Å². The molecule has 0 bridgehead atoms. The second-order valence-electron chi connectivity index (χ2n) is 8.78. The molecule has 2 heterocycles. The molecule has 0 N–H and O–H groups in total. The first-order chi connectivity index (χ1) is 15.7. The lowest BCUT2D eigenvalue weighted by Gasteiger charge is -2.33. The topological polar surface area (TPSA) is 34.5 Å². The lowest BCUT2D eigenvalue weighted by molar-refractivity contribution is -0.132. The Morgan fingerprint density at radius 1 is 1.12 bits per heavy atom. The molecule has 1 aliphatic rings. The number of halogens is 1. The summed E-state index contributed by atoms with van der Waals surface area (Å²) >= 11 is 3.48. The van der Waals surface area contributed by atoms with Crippen LogP contribution < -0.4 is 0 Å². The number of benzene rings is 2. The van der Waals surface area contributed by atoms with Crippen LogP contribution in [0.3, 0.4) is 0 Å². The van der Waals surface area contributed by atoms with E-state index in [1.807, 2.05) is 0 Å². The molecule has 1 atom stereocenters. The molecule has 1 aromatic heterocycles. The van der Waals surface area contributed by atoms with Gasteiger partial charge in [0.2, 0.25) is 5.91 Å². The van der Waals surface area contributed by atoms with Gasteiger partial charge in [0.15, 0.2) is 0 Å². The largest absolute Gasteiger partial charge is 0.385 e. The molecule has 170 valence electrons. The van der Waals surface area contributed by atoms with Crippen LogP contribution >= 0.6 is 15.9 Å². The minimum atomic E-state index is 0.300. The van der Waals surface area contributed by atoms with Crippen LogP contribution in [0.25, 0.3) is 10.9 Å². The fourth-order valence-electron chi connectivity index (χ4n) is 4.88. The van der Waals surface area contributed by atoms with Crippen LogP contribution in [-0.4, -0.2) is 42.2 Å². The van der Waals surface area contributed by atoms with Gasteiger partial charge in [-0.2, -0.15) is 0 Å². The summed E-state index contributed by atoms with van der Waals surface area (Å²) in [5, 5.41) is 1.29. The van der Waals surface area contributed by atoms with Gasteiger partial charge in [0.05, 0.1) is 0 Å². The van der Waals surface area contributed by atoms with E-state index in [4.69, 9.17) is 4.74 Å². The van der Waals surface area contributed by atoms with Gasteiger partial charge in [-0.1, -0.05) is 46.3 Å². The summed E-state index contributed by atoms with van der Waals surface area (Å²) in [7, 11) is 1.76. The molecule has 0 radical (unpaired) electrons. The molecular weight excluding hydrogens is 464 g/mol. The number of nitrogens with zero attached hydrogens (tertiary/aromatic N) is 2. The van der Waals surface area contributed by atoms with E-state index in [2.05, 4.69) is 80.0 Å². The van der Waals surface area contributed by atoms with Crippen molar-refractivity contribution in [3.8, 4) is 0 Å². The Hall–Kier alpha value is -2.11. The van der Waals surface area contributed by atoms with Crippen molar-refractivity contribution >= 4 is 32.7 Å². The Balaban J connectivity index is 1.40. The van der Waals surface area contributed by atoms with Crippen LogP contribution in [-0.2, 0) is 22.5 Å². The number of piperidine rings is 1. The van der Waals surface area contributed by atoms with Crippen LogP contribution in [0.5, 0.6) is 0 Å². The quantitative estimate of drug-likeness (QED) is 0.332. The molecule has 2 aromatic carbocycles. The zero-order valence-electron chi connectivity index (χ0n) is 18.9. The third kappa shape index (κ3) is 5.62. The average Bonchev–Trinajstić information content (AvgIpc) is 3.19. The number of hydrogen-bond donors (Lipinski definition) is 0. The number of aryl methyl sites for hydroxylation is 2. The molecule has 4 nitrogen and oxygen atoms in total. The molecular formula is C27H33BrN2O2. The molecule has 0 saturated carbocycles. The van der Waals surface area contributed by atoms with Gasteiger partial charge in [-0.15, -0.1) is 0 Å². The molecule has 0 spiro atoms. The summed E-state index contributed by atoms with van der Waals surface area (Å²) in [5.74, 6) is 0.697. The Morgan fingerprint density at radius 3 is 2.75 bits per heavy atom. The summed E-state index contributed by atoms with van der Waals surface area (Å²) < 4.78 is 8.85. The first-order valence-electron chi connectivity index (χ1n) is 11.7. The maximum atomic E-state index is 13.0. The summed E-state index contributed by atoms with van der Waals surface area (Å²) in [5.41, 5.74) is 3.95. The Labute approximate surface area is 199 Å². The standard InChI is InChI=1S/C27H33BrN2O2/c1-32-18-6-17-30-25-10-3-2-8-22(25)19-26(30)23-9-5-16-29(20-23)27(31)11-4-7-21-12-14-24(28)15-13-21/h2-3,8,10,12-15,19,23H,4-7,9,11,16-18,20H2,1H3. The fraction of sp³-hybridized carbons (Fsp3) is 0.444. The highest BCUT2D eigenvalue weighted by Gasteiger charge is 2.27. The molecule has 1 aliphatic heterocycles. The van der Waals surface area contributed by atoms with Gasteiger partial charge < -0.3 is 14.2 Å². The highest BCUT2D eigenvalue weighted by atomic mass is 79.9. The Morgan fingerprint density at radius 2 is 1.94 bits per heavy atom. The van der Waals surface area contributed by atoms with Gasteiger partial charge in [-0.3, -0.25) is 4.79 Å². The van der Waals surface area contributed by atoms with Crippen molar-refractivity contribution in [2.75, 3.05) is 26.8 Å². The van der Waals surface area contributed by atoms with Gasteiger partial charge in [-0.25, -0.2) is 0 Å². The van der Waals surface area contributed by atoms with Crippen LogP contribution in [0, 0.1) is 0 Å². The summed E-state index contributed by atoms with van der Waals surface area (Å²) in [4.78, 5) is 15.1. The van der Waals surface area contributed by atoms with Gasteiger partial charge >= 0.3 is 0 Å². The number of carbonyl (C=O) groups excluding carboxylic acids is 1. The fourth-order valence-corrected chi connectivity index (χ4v) is 5.15. The van der Waals surface area contributed by atoms with Crippen molar-refractivity contribution in [3.05, 3.63) is 70.3 Å².